The van der Waals surface area contributed by atoms with E-state index in [1.54, 1.807) is 11.0 Å². The van der Waals surface area contributed by atoms with E-state index in [1.807, 2.05) is 30.3 Å². The lowest BCUT2D eigenvalue weighted by Crippen LogP contribution is -2.39. The molecular weight excluding hydrogens is 525 g/mol. The molecule has 9 heteroatoms. The van der Waals surface area contributed by atoms with Gasteiger partial charge in [0.05, 0.1) is 11.4 Å². The first-order valence-corrected chi connectivity index (χ1v) is 14.3. The minimum atomic E-state index is -0.334. The van der Waals surface area contributed by atoms with Crippen LogP contribution in [-0.4, -0.2) is 55.7 Å². The number of carbonyl (C=O) groups excluding carboxylic acids is 1. The SMILES string of the molecule is O=C(OCC(CN1CCC(c2noc3cc(F)ccc23)CC1)c1ccccc1)N1CCCc2c1ccc1c2OCO1. The van der Waals surface area contributed by atoms with Crippen molar-refractivity contribution in [2.45, 2.75) is 37.5 Å². The Kier molecular flexibility index (Phi) is 6.96. The molecule has 4 heterocycles. The number of aromatic nitrogens is 1. The molecule has 0 saturated carbocycles. The molecule has 0 radical (unpaired) electrons. The largest absolute Gasteiger partial charge is 0.454 e. The van der Waals surface area contributed by atoms with Gasteiger partial charge in [-0.2, -0.15) is 0 Å². The molecule has 41 heavy (non-hydrogen) atoms. The summed E-state index contributed by atoms with van der Waals surface area (Å²) in [4.78, 5) is 17.5. The summed E-state index contributed by atoms with van der Waals surface area (Å²) in [6.45, 7) is 3.68. The lowest BCUT2D eigenvalue weighted by atomic mass is 9.90. The van der Waals surface area contributed by atoms with Crippen LogP contribution >= 0.6 is 0 Å². The number of amides is 1. The van der Waals surface area contributed by atoms with E-state index in [4.69, 9.17) is 18.7 Å². The average molecular weight is 558 g/mol. The van der Waals surface area contributed by atoms with Gasteiger partial charge in [0.2, 0.25) is 6.79 Å². The van der Waals surface area contributed by atoms with E-state index in [9.17, 15) is 9.18 Å². The first-order valence-electron chi connectivity index (χ1n) is 14.3. The number of halogens is 1. The first-order chi connectivity index (χ1) is 20.1. The Bertz CT molecular complexity index is 1550. The smallest absolute Gasteiger partial charge is 0.414 e. The number of piperidine rings is 1. The quantitative estimate of drug-likeness (QED) is 0.277. The van der Waals surface area contributed by atoms with Gasteiger partial charge in [0.25, 0.3) is 0 Å². The second kappa shape index (κ2) is 11.0. The van der Waals surface area contributed by atoms with Crippen LogP contribution in [0.25, 0.3) is 11.0 Å². The fraction of sp³-hybridized carbons (Fsp3) is 0.375. The van der Waals surface area contributed by atoms with Gasteiger partial charge in [0.15, 0.2) is 17.1 Å². The number of hydrogen-bond acceptors (Lipinski definition) is 7. The molecule has 4 aromatic rings. The highest BCUT2D eigenvalue weighted by Gasteiger charge is 2.31. The minimum Gasteiger partial charge on any atom is -0.454 e. The van der Waals surface area contributed by atoms with Crippen LogP contribution in [0.4, 0.5) is 14.9 Å². The third kappa shape index (κ3) is 5.10. The van der Waals surface area contributed by atoms with Gasteiger partial charge >= 0.3 is 6.09 Å². The highest BCUT2D eigenvalue weighted by Crippen LogP contribution is 2.43. The standard InChI is InChI=1S/C32H32FN3O5/c33-24-8-9-26-29(17-24)41-34-30(26)22-12-15-35(16-13-22)18-23(21-5-2-1-3-6-21)19-38-32(37)36-14-4-7-25-27(36)10-11-28-31(25)40-20-39-28/h1-3,5-6,8-11,17,22-23H,4,7,12-16,18-20H2. The molecule has 0 N–H and O–H groups in total. The van der Waals surface area contributed by atoms with E-state index in [-0.39, 0.29) is 30.5 Å². The summed E-state index contributed by atoms with van der Waals surface area (Å²) in [7, 11) is 0. The van der Waals surface area contributed by atoms with Crippen LogP contribution in [0, 0.1) is 5.82 Å². The molecule has 0 spiro atoms. The molecule has 1 unspecified atom stereocenters. The molecule has 3 aromatic carbocycles. The van der Waals surface area contributed by atoms with Crippen molar-refractivity contribution >= 4 is 22.7 Å². The molecule has 1 aromatic heterocycles. The van der Waals surface area contributed by atoms with Crippen LogP contribution in [0.3, 0.4) is 0 Å². The van der Waals surface area contributed by atoms with Crippen molar-refractivity contribution in [1.82, 2.24) is 10.1 Å². The average Bonchev–Trinajstić information content (AvgIpc) is 3.67. The van der Waals surface area contributed by atoms with Gasteiger partial charge in [-0.1, -0.05) is 35.5 Å². The molecule has 3 aliphatic rings. The van der Waals surface area contributed by atoms with Crippen LogP contribution in [0.2, 0.25) is 0 Å². The second-order valence-corrected chi connectivity index (χ2v) is 11.0. The maximum Gasteiger partial charge on any atom is 0.414 e. The van der Waals surface area contributed by atoms with Gasteiger partial charge in [-0.05, 0) is 68.6 Å². The number of rotatable bonds is 6. The zero-order valence-electron chi connectivity index (χ0n) is 22.8. The van der Waals surface area contributed by atoms with Crippen molar-refractivity contribution in [2.24, 2.45) is 0 Å². The molecule has 0 bridgehead atoms. The number of nitrogens with zero attached hydrogens (tertiary/aromatic N) is 3. The topological polar surface area (TPSA) is 77.3 Å². The van der Waals surface area contributed by atoms with Crippen molar-refractivity contribution in [3.63, 3.8) is 0 Å². The van der Waals surface area contributed by atoms with Crippen molar-refractivity contribution in [1.29, 1.82) is 0 Å². The monoisotopic (exact) mass is 557 g/mol. The van der Waals surface area contributed by atoms with Crippen molar-refractivity contribution < 1.29 is 27.9 Å². The lowest BCUT2D eigenvalue weighted by Gasteiger charge is -2.34. The summed E-state index contributed by atoms with van der Waals surface area (Å²) in [5.41, 5.74) is 4.41. The number of likely N-dealkylation sites (tertiary alicyclic amines) is 1. The maximum atomic E-state index is 13.6. The van der Waals surface area contributed by atoms with Crippen molar-refractivity contribution in [3.05, 3.63) is 83.3 Å². The maximum absolute atomic E-state index is 13.6. The fourth-order valence-corrected chi connectivity index (χ4v) is 6.39. The van der Waals surface area contributed by atoms with Gasteiger partial charge in [-0.25, -0.2) is 9.18 Å². The molecule has 8 nitrogen and oxygen atoms in total. The Morgan fingerprint density at radius 3 is 2.76 bits per heavy atom. The Balaban J connectivity index is 1.01. The zero-order chi connectivity index (χ0) is 27.8. The molecule has 1 atom stereocenters. The number of anilines is 1. The molecule has 1 fully saturated rings. The predicted molar refractivity (Wildman–Crippen MR) is 151 cm³/mol. The summed E-state index contributed by atoms with van der Waals surface area (Å²) < 4.78 is 36.2. The lowest BCUT2D eigenvalue weighted by molar-refractivity contribution is 0.128. The highest BCUT2D eigenvalue weighted by atomic mass is 19.1. The van der Waals surface area contributed by atoms with Crippen LogP contribution in [0.5, 0.6) is 11.5 Å². The van der Waals surface area contributed by atoms with Gasteiger partial charge < -0.3 is 23.6 Å². The van der Waals surface area contributed by atoms with Crippen LogP contribution in [0.15, 0.2) is 65.2 Å². The Labute approximate surface area is 237 Å². The molecule has 3 aliphatic heterocycles. The van der Waals surface area contributed by atoms with E-state index in [1.165, 1.54) is 12.1 Å². The number of carbonyl (C=O) groups is 1. The number of fused-ring (bicyclic) bond motifs is 4. The summed E-state index contributed by atoms with van der Waals surface area (Å²) in [5.74, 6) is 1.46. The van der Waals surface area contributed by atoms with Crippen LogP contribution in [-0.2, 0) is 11.2 Å². The molecule has 1 saturated heterocycles. The van der Waals surface area contributed by atoms with E-state index < -0.39 is 0 Å². The minimum absolute atomic E-state index is 0.0357. The number of benzene rings is 3. The van der Waals surface area contributed by atoms with E-state index in [2.05, 4.69) is 22.2 Å². The Morgan fingerprint density at radius 1 is 1.05 bits per heavy atom. The molecule has 7 rings (SSSR count). The van der Waals surface area contributed by atoms with Crippen LogP contribution in [0.1, 0.15) is 47.9 Å². The van der Waals surface area contributed by atoms with E-state index >= 15 is 0 Å². The van der Waals surface area contributed by atoms with Gasteiger partial charge in [-0.15, -0.1) is 0 Å². The van der Waals surface area contributed by atoms with E-state index in [0.29, 0.717) is 18.7 Å². The summed E-state index contributed by atoms with van der Waals surface area (Å²) in [6.07, 6.45) is 3.21. The molecular formula is C32H32FN3O5. The summed E-state index contributed by atoms with van der Waals surface area (Å²) in [5, 5.41) is 5.18. The predicted octanol–water partition coefficient (Wildman–Crippen LogP) is 6.25. The van der Waals surface area contributed by atoms with Crippen molar-refractivity contribution in [2.75, 3.05) is 44.5 Å². The van der Waals surface area contributed by atoms with Gasteiger partial charge in [0.1, 0.15) is 12.4 Å². The third-order valence-electron chi connectivity index (χ3n) is 8.53. The highest BCUT2D eigenvalue weighted by molar-refractivity contribution is 5.90. The molecule has 1 amide bonds. The number of hydrogen-bond donors (Lipinski definition) is 0. The van der Waals surface area contributed by atoms with Crippen molar-refractivity contribution in [3.8, 4) is 11.5 Å². The fourth-order valence-electron chi connectivity index (χ4n) is 6.39. The van der Waals surface area contributed by atoms with Gasteiger partial charge in [-0.3, -0.25) is 4.90 Å². The Morgan fingerprint density at radius 2 is 1.90 bits per heavy atom. The molecule has 212 valence electrons. The summed E-state index contributed by atoms with van der Waals surface area (Å²) >= 11 is 0. The number of ether oxygens (including phenoxy) is 3. The summed E-state index contributed by atoms with van der Waals surface area (Å²) in [6, 6.07) is 18.7. The second-order valence-electron chi connectivity index (χ2n) is 11.0. The van der Waals surface area contributed by atoms with Crippen LogP contribution < -0.4 is 14.4 Å². The first kappa shape index (κ1) is 25.8. The third-order valence-corrected chi connectivity index (χ3v) is 8.53. The van der Waals surface area contributed by atoms with Gasteiger partial charge in [0, 0.05) is 41.9 Å². The van der Waals surface area contributed by atoms with E-state index in [0.717, 1.165) is 84.7 Å². The molecule has 0 aliphatic carbocycles. The Hall–Kier alpha value is -4.11. The normalized spacial score (nSPS) is 17.9. The zero-order valence-corrected chi connectivity index (χ0v) is 22.8.